The standard InChI is InChI=1S/C16H25NO3/c1-4-19-12(3)11-17-14-9-7-6-8-13(14)10-15(17)16(18)20-5-2/h10,12H,4-9,11H2,1-3H3. The van der Waals surface area contributed by atoms with Crippen LogP contribution in [0.5, 0.6) is 0 Å². The number of hydrogen-bond donors (Lipinski definition) is 0. The van der Waals surface area contributed by atoms with E-state index in [1.165, 1.54) is 24.1 Å². The van der Waals surface area contributed by atoms with Gasteiger partial charge in [-0.05, 0) is 58.1 Å². The van der Waals surface area contributed by atoms with E-state index in [-0.39, 0.29) is 12.1 Å². The van der Waals surface area contributed by atoms with Crippen LogP contribution in [0.2, 0.25) is 0 Å². The molecule has 112 valence electrons. The van der Waals surface area contributed by atoms with Gasteiger partial charge in [0.1, 0.15) is 5.69 Å². The molecule has 0 fully saturated rings. The molecule has 1 unspecified atom stereocenters. The first-order valence-corrected chi connectivity index (χ1v) is 7.67. The maximum Gasteiger partial charge on any atom is 0.354 e. The summed E-state index contributed by atoms with van der Waals surface area (Å²) in [5, 5.41) is 0. The fourth-order valence-corrected chi connectivity index (χ4v) is 2.94. The zero-order chi connectivity index (χ0) is 14.5. The maximum absolute atomic E-state index is 12.1. The summed E-state index contributed by atoms with van der Waals surface area (Å²) in [4.78, 5) is 12.1. The fourth-order valence-electron chi connectivity index (χ4n) is 2.94. The van der Waals surface area contributed by atoms with E-state index in [0.717, 1.165) is 19.4 Å². The Morgan fingerprint density at radius 3 is 2.75 bits per heavy atom. The Hall–Kier alpha value is -1.29. The first-order valence-electron chi connectivity index (χ1n) is 7.67. The molecule has 0 spiro atoms. The lowest BCUT2D eigenvalue weighted by atomic mass is 9.98. The van der Waals surface area contributed by atoms with Crippen molar-refractivity contribution in [2.75, 3.05) is 13.2 Å². The smallest absolute Gasteiger partial charge is 0.354 e. The van der Waals surface area contributed by atoms with Crippen molar-refractivity contribution < 1.29 is 14.3 Å². The molecule has 2 rings (SSSR count). The molecule has 0 radical (unpaired) electrons. The number of aryl methyl sites for hydroxylation is 1. The summed E-state index contributed by atoms with van der Waals surface area (Å²) in [5.41, 5.74) is 3.29. The predicted octanol–water partition coefficient (Wildman–Crippen LogP) is 2.97. The molecule has 1 aromatic heterocycles. The molecule has 0 saturated heterocycles. The van der Waals surface area contributed by atoms with Crippen LogP contribution < -0.4 is 0 Å². The summed E-state index contributed by atoms with van der Waals surface area (Å²) in [7, 11) is 0. The Morgan fingerprint density at radius 2 is 2.05 bits per heavy atom. The van der Waals surface area contributed by atoms with Crippen molar-refractivity contribution in [3.8, 4) is 0 Å². The highest BCUT2D eigenvalue weighted by Crippen LogP contribution is 2.26. The molecule has 0 bridgehead atoms. The van der Waals surface area contributed by atoms with Gasteiger partial charge in [0.2, 0.25) is 0 Å². The van der Waals surface area contributed by atoms with Crippen LogP contribution in [0.25, 0.3) is 0 Å². The van der Waals surface area contributed by atoms with Crippen LogP contribution in [-0.2, 0) is 28.9 Å². The van der Waals surface area contributed by atoms with Crippen molar-refractivity contribution in [2.45, 2.75) is 59.1 Å². The van der Waals surface area contributed by atoms with Crippen molar-refractivity contribution in [3.05, 3.63) is 23.0 Å². The second kappa shape index (κ2) is 6.93. The highest BCUT2D eigenvalue weighted by Gasteiger charge is 2.23. The molecule has 1 aliphatic rings. The second-order valence-electron chi connectivity index (χ2n) is 5.31. The van der Waals surface area contributed by atoms with Gasteiger partial charge < -0.3 is 14.0 Å². The lowest BCUT2D eigenvalue weighted by Gasteiger charge is -2.20. The highest BCUT2D eigenvalue weighted by atomic mass is 16.5. The number of aromatic nitrogens is 1. The van der Waals surface area contributed by atoms with Crippen LogP contribution >= 0.6 is 0 Å². The zero-order valence-corrected chi connectivity index (χ0v) is 12.8. The molecule has 0 aromatic carbocycles. The lowest BCUT2D eigenvalue weighted by molar-refractivity contribution is 0.0483. The van der Waals surface area contributed by atoms with Crippen LogP contribution in [0.1, 0.15) is 55.4 Å². The van der Waals surface area contributed by atoms with E-state index in [4.69, 9.17) is 9.47 Å². The van der Waals surface area contributed by atoms with Gasteiger partial charge in [0, 0.05) is 18.8 Å². The number of ether oxygens (including phenoxy) is 2. The summed E-state index contributed by atoms with van der Waals surface area (Å²) in [6.07, 6.45) is 4.63. The largest absolute Gasteiger partial charge is 0.461 e. The number of esters is 1. The topological polar surface area (TPSA) is 40.5 Å². The molecular formula is C16H25NO3. The summed E-state index contributed by atoms with van der Waals surface area (Å²) in [5.74, 6) is -0.217. The van der Waals surface area contributed by atoms with E-state index in [2.05, 4.69) is 4.57 Å². The van der Waals surface area contributed by atoms with Gasteiger partial charge in [-0.1, -0.05) is 0 Å². The van der Waals surface area contributed by atoms with Gasteiger partial charge in [0.05, 0.1) is 12.7 Å². The molecule has 0 amide bonds. The minimum atomic E-state index is -0.217. The minimum Gasteiger partial charge on any atom is -0.461 e. The van der Waals surface area contributed by atoms with E-state index >= 15 is 0 Å². The van der Waals surface area contributed by atoms with E-state index in [0.29, 0.717) is 18.9 Å². The Morgan fingerprint density at radius 1 is 1.30 bits per heavy atom. The van der Waals surface area contributed by atoms with Crippen LogP contribution in [-0.4, -0.2) is 29.9 Å². The highest BCUT2D eigenvalue weighted by molar-refractivity contribution is 5.88. The van der Waals surface area contributed by atoms with Crippen LogP contribution in [0, 0.1) is 0 Å². The van der Waals surface area contributed by atoms with Gasteiger partial charge in [-0.25, -0.2) is 4.79 Å². The zero-order valence-electron chi connectivity index (χ0n) is 12.8. The third-order valence-electron chi connectivity index (χ3n) is 3.78. The molecule has 1 heterocycles. The van der Waals surface area contributed by atoms with E-state index in [1.54, 1.807) is 0 Å². The molecule has 4 nitrogen and oxygen atoms in total. The molecule has 0 N–H and O–H groups in total. The van der Waals surface area contributed by atoms with Gasteiger partial charge in [-0.15, -0.1) is 0 Å². The summed E-state index contributed by atoms with van der Waals surface area (Å²) >= 11 is 0. The van der Waals surface area contributed by atoms with Gasteiger partial charge in [-0.3, -0.25) is 0 Å². The number of fused-ring (bicyclic) bond motifs is 1. The number of carbonyl (C=O) groups is 1. The summed E-state index contributed by atoms with van der Waals surface area (Å²) in [6.45, 7) is 7.71. The minimum absolute atomic E-state index is 0.103. The monoisotopic (exact) mass is 279 g/mol. The maximum atomic E-state index is 12.1. The molecule has 1 aromatic rings. The Balaban J connectivity index is 2.29. The molecule has 0 saturated carbocycles. The summed E-state index contributed by atoms with van der Waals surface area (Å²) in [6, 6.07) is 2.02. The van der Waals surface area contributed by atoms with Crippen LogP contribution in [0.4, 0.5) is 0 Å². The third-order valence-corrected chi connectivity index (χ3v) is 3.78. The lowest BCUT2D eigenvalue weighted by Crippen LogP contribution is -2.22. The third kappa shape index (κ3) is 3.23. The number of nitrogens with zero attached hydrogens (tertiary/aromatic N) is 1. The van der Waals surface area contributed by atoms with Crippen molar-refractivity contribution in [3.63, 3.8) is 0 Å². The molecule has 20 heavy (non-hydrogen) atoms. The molecule has 0 aliphatic heterocycles. The molecule has 1 aliphatic carbocycles. The number of hydrogen-bond acceptors (Lipinski definition) is 3. The van der Waals surface area contributed by atoms with E-state index in [1.807, 2.05) is 26.8 Å². The van der Waals surface area contributed by atoms with Crippen LogP contribution in [0.15, 0.2) is 6.07 Å². The van der Waals surface area contributed by atoms with E-state index < -0.39 is 0 Å². The van der Waals surface area contributed by atoms with Gasteiger partial charge in [-0.2, -0.15) is 0 Å². The Kier molecular flexibility index (Phi) is 5.24. The first kappa shape index (κ1) is 15.1. The molecule has 1 atom stereocenters. The Bertz CT molecular complexity index is 465. The molecule has 4 heteroatoms. The Labute approximate surface area is 121 Å². The first-order chi connectivity index (χ1) is 9.67. The predicted molar refractivity (Wildman–Crippen MR) is 78.1 cm³/mol. The SMILES string of the molecule is CCOC(=O)c1cc2c(n1CC(C)OCC)CCCC2. The normalized spacial score (nSPS) is 15.8. The number of carbonyl (C=O) groups excluding carboxylic acids is 1. The molecular weight excluding hydrogens is 254 g/mol. The van der Waals surface area contributed by atoms with Gasteiger partial charge in [0.15, 0.2) is 0 Å². The number of rotatable bonds is 6. The average molecular weight is 279 g/mol. The average Bonchev–Trinajstić information content (AvgIpc) is 2.78. The van der Waals surface area contributed by atoms with Crippen molar-refractivity contribution in [1.82, 2.24) is 4.57 Å². The van der Waals surface area contributed by atoms with Crippen molar-refractivity contribution in [1.29, 1.82) is 0 Å². The van der Waals surface area contributed by atoms with Crippen molar-refractivity contribution in [2.24, 2.45) is 0 Å². The second-order valence-corrected chi connectivity index (χ2v) is 5.31. The summed E-state index contributed by atoms with van der Waals surface area (Å²) < 4.78 is 12.9. The fraction of sp³-hybridized carbons (Fsp3) is 0.688. The van der Waals surface area contributed by atoms with Gasteiger partial charge in [0.25, 0.3) is 0 Å². The van der Waals surface area contributed by atoms with E-state index in [9.17, 15) is 4.79 Å². The van der Waals surface area contributed by atoms with Crippen molar-refractivity contribution >= 4 is 5.97 Å². The van der Waals surface area contributed by atoms with Gasteiger partial charge >= 0.3 is 5.97 Å². The quantitative estimate of drug-likeness (QED) is 0.752. The van der Waals surface area contributed by atoms with Crippen LogP contribution in [0.3, 0.4) is 0 Å².